The molecule has 0 radical (unpaired) electrons. The molecule has 2 heteroatoms. The zero-order valence-electron chi connectivity index (χ0n) is 9.81. The predicted molar refractivity (Wildman–Crippen MR) is 62.3 cm³/mol. The summed E-state index contributed by atoms with van der Waals surface area (Å²) < 4.78 is 0. The Labute approximate surface area is 88.6 Å². The normalized spacial score (nSPS) is 19.9. The zero-order chi connectivity index (χ0) is 10.4. The van der Waals surface area contributed by atoms with Gasteiger partial charge in [-0.2, -0.15) is 0 Å². The van der Waals surface area contributed by atoms with Crippen molar-refractivity contribution in [2.45, 2.75) is 57.9 Å². The molecule has 0 heterocycles. The summed E-state index contributed by atoms with van der Waals surface area (Å²) in [5, 5.41) is 3.53. The Morgan fingerprint density at radius 2 is 1.86 bits per heavy atom. The van der Waals surface area contributed by atoms with Gasteiger partial charge in [0.2, 0.25) is 0 Å². The van der Waals surface area contributed by atoms with Gasteiger partial charge in [0.1, 0.15) is 0 Å². The standard InChI is InChI=1S/C12H26N2/c1-12(2,13)8-9-14-10-11-6-4-3-5-7-11/h11,14H,3-10,13H2,1-2H3. The summed E-state index contributed by atoms with van der Waals surface area (Å²) in [6, 6.07) is 0. The lowest BCUT2D eigenvalue weighted by molar-refractivity contribution is 0.335. The van der Waals surface area contributed by atoms with Crippen molar-refractivity contribution in [1.29, 1.82) is 0 Å². The second-order valence-electron chi connectivity index (χ2n) is 5.45. The maximum atomic E-state index is 5.91. The van der Waals surface area contributed by atoms with Crippen molar-refractivity contribution >= 4 is 0 Å². The molecule has 0 aromatic carbocycles. The summed E-state index contributed by atoms with van der Waals surface area (Å²) in [5.74, 6) is 0.935. The zero-order valence-corrected chi connectivity index (χ0v) is 9.81. The second-order valence-corrected chi connectivity index (χ2v) is 5.45. The van der Waals surface area contributed by atoms with Crippen LogP contribution in [-0.2, 0) is 0 Å². The number of nitrogens with two attached hydrogens (primary N) is 1. The van der Waals surface area contributed by atoms with E-state index in [2.05, 4.69) is 19.2 Å². The van der Waals surface area contributed by atoms with Crippen LogP contribution >= 0.6 is 0 Å². The van der Waals surface area contributed by atoms with Gasteiger partial charge in [0.25, 0.3) is 0 Å². The third-order valence-electron chi connectivity index (χ3n) is 3.10. The number of rotatable bonds is 5. The van der Waals surface area contributed by atoms with Crippen LogP contribution in [0.4, 0.5) is 0 Å². The Morgan fingerprint density at radius 1 is 1.21 bits per heavy atom. The van der Waals surface area contributed by atoms with Crippen molar-refractivity contribution in [3.63, 3.8) is 0 Å². The average Bonchev–Trinajstić information content (AvgIpc) is 2.13. The molecular weight excluding hydrogens is 172 g/mol. The maximum absolute atomic E-state index is 5.91. The van der Waals surface area contributed by atoms with Gasteiger partial charge in [-0.05, 0) is 52.1 Å². The predicted octanol–water partition coefficient (Wildman–Crippen LogP) is 2.28. The molecule has 1 saturated carbocycles. The van der Waals surface area contributed by atoms with E-state index in [0.29, 0.717) is 0 Å². The summed E-state index contributed by atoms with van der Waals surface area (Å²) in [4.78, 5) is 0. The quantitative estimate of drug-likeness (QED) is 0.665. The monoisotopic (exact) mass is 198 g/mol. The SMILES string of the molecule is CC(C)(N)CCNCC1CCCCC1. The number of hydrogen-bond acceptors (Lipinski definition) is 2. The van der Waals surface area contributed by atoms with Gasteiger partial charge < -0.3 is 11.1 Å². The minimum Gasteiger partial charge on any atom is -0.326 e. The molecule has 0 spiro atoms. The van der Waals surface area contributed by atoms with Crippen molar-refractivity contribution in [3.8, 4) is 0 Å². The fraction of sp³-hybridized carbons (Fsp3) is 1.00. The van der Waals surface area contributed by atoms with E-state index in [-0.39, 0.29) is 5.54 Å². The van der Waals surface area contributed by atoms with Crippen molar-refractivity contribution in [2.24, 2.45) is 11.7 Å². The first-order valence-corrected chi connectivity index (χ1v) is 6.07. The third-order valence-corrected chi connectivity index (χ3v) is 3.10. The van der Waals surface area contributed by atoms with Crippen LogP contribution in [0.15, 0.2) is 0 Å². The van der Waals surface area contributed by atoms with E-state index >= 15 is 0 Å². The van der Waals surface area contributed by atoms with Crippen molar-refractivity contribution in [2.75, 3.05) is 13.1 Å². The molecular formula is C12H26N2. The van der Waals surface area contributed by atoms with Crippen LogP contribution in [0.1, 0.15) is 52.4 Å². The largest absolute Gasteiger partial charge is 0.326 e. The summed E-state index contributed by atoms with van der Waals surface area (Å²) in [6.45, 7) is 6.46. The van der Waals surface area contributed by atoms with Crippen LogP contribution in [0.2, 0.25) is 0 Å². The lowest BCUT2D eigenvalue weighted by atomic mass is 9.89. The van der Waals surface area contributed by atoms with E-state index in [4.69, 9.17) is 5.73 Å². The first-order valence-electron chi connectivity index (χ1n) is 6.07. The molecule has 0 atom stereocenters. The lowest BCUT2D eigenvalue weighted by Crippen LogP contribution is -2.36. The van der Waals surface area contributed by atoms with E-state index in [1.165, 1.54) is 38.6 Å². The van der Waals surface area contributed by atoms with Crippen molar-refractivity contribution in [1.82, 2.24) is 5.32 Å². The minimum atomic E-state index is -0.0143. The second kappa shape index (κ2) is 5.72. The van der Waals surface area contributed by atoms with Gasteiger partial charge in [-0.3, -0.25) is 0 Å². The molecule has 0 amide bonds. The molecule has 1 fully saturated rings. The van der Waals surface area contributed by atoms with Gasteiger partial charge in [-0.15, -0.1) is 0 Å². The fourth-order valence-electron chi connectivity index (χ4n) is 2.11. The van der Waals surface area contributed by atoms with E-state index in [0.717, 1.165) is 18.9 Å². The van der Waals surface area contributed by atoms with Crippen molar-refractivity contribution in [3.05, 3.63) is 0 Å². The summed E-state index contributed by atoms with van der Waals surface area (Å²) >= 11 is 0. The van der Waals surface area contributed by atoms with Crippen LogP contribution in [0, 0.1) is 5.92 Å². The molecule has 0 saturated heterocycles. The highest BCUT2D eigenvalue weighted by Crippen LogP contribution is 2.22. The first kappa shape index (κ1) is 12.0. The van der Waals surface area contributed by atoms with E-state index in [1.807, 2.05) is 0 Å². The molecule has 14 heavy (non-hydrogen) atoms. The molecule has 0 aliphatic heterocycles. The Morgan fingerprint density at radius 3 is 2.43 bits per heavy atom. The van der Waals surface area contributed by atoms with Gasteiger partial charge in [-0.25, -0.2) is 0 Å². The Kier molecular flexibility index (Phi) is 4.90. The van der Waals surface area contributed by atoms with Gasteiger partial charge >= 0.3 is 0 Å². The first-order chi connectivity index (χ1) is 6.58. The van der Waals surface area contributed by atoms with Crippen LogP contribution in [-0.4, -0.2) is 18.6 Å². The lowest BCUT2D eigenvalue weighted by Gasteiger charge is -2.23. The molecule has 1 aliphatic rings. The Bertz CT molecular complexity index is 143. The molecule has 1 aliphatic carbocycles. The van der Waals surface area contributed by atoms with Gasteiger partial charge in [0.15, 0.2) is 0 Å². The fourth-order valence-corrected chi connectivity index (χ4v) is 2.11. The molecule has 0 aromatic rings. The summed E-state index contributed by atoms with van der Waals surface area (Å²) in [5.41, 5.74) is 5.90. The van der Waals surface area contributed by atoms with Gasteiger partial charge in [0.05, 0.1) is 0 Å². The number of hydrogen-bond donors (Lipinski definition) is 2. The summed E-state index contributed by atoms with van der Waals surface area (Å²) in [6.07, 6.45) is 8.26. The van der Waals surface area contributed by atoms with E-state index in [9.17, 15) is 0 Å². The maximum Gasteiger partial charge on any atom is 0.0109 e. The van der Waals surface area contributed by atoms with Gasteiger partial charge in [0, 0.05) is 5.54 Å². The van der Waals surface area contributed by atoms with Crippen LogP contribution in [0.3, 0.4) is 0 Å². The molecule has 1 rings (SSSR count). The smallest absolute Gasteiger partial charge is 0.0109 e. The van der Waals surface area contributed by atoms with Crippen LogP contribution in [0.25, 0.3) is 0 Å². The highest BCUT2D eigenvalue weighted by Gasteiger charge is 2.13. The minimum absolute atomic E-state index is 0.0143. The molecule has 84 valence electrons. The molecule has 0 aromatic heterocycles. The Hall–Kier alpha value is -0.0800. The van der Waals surface area contributed by atoms with Gasteiger partial charge in [-0.1, -0.05) is 19.3 Å². The Balaban J connectivity index is 1.97. The topological polar surface area (TPSA) is 38.0 Å². The molecule has 2 nitrogen and oxygen atoms in total. The van der Waals surface area contributed by atoms with E-state index in [1.54, 1.807) is 0 Å². The third kappa shape index (κ3) is 5.61. The van der Waals surface area contributed by atoms with E-state index < -0.39 is 0 Å². The average molecular weight is 198 g/mol. The van der Waals surface area contributed by atoms with Crippen LogP contribution in [0.5, 0.6) is 0 Å². The number of nitrogens with one attached hydrogen (secondary N) is 1. The molecule has 3 N–H and O–H groups in total. The highest BCUT2D eigenvalue weighted by molar-refractivity contribution is 4.74. The van der Waals surface area contributed by atoms with Crippen molar-refractivity contribution < 1.29 is 0 Å². The highest BCUT2D eigenvalue weighted by atomic mass is 14.9. The molecule has 0 bridgehead atoms. The van der Waals surface area contributed by atoms with Crippen LogP contribution < -0.4 is 11.1 Å². The summed E-state index contributed by atoms with van der Waals surface area (Å²) in [7, 11) is 0. The molecule has 0 unspecified atom stereocenters.